The summed E-state index contributed by atoms with van der Waals surface area (Å²) < 4.78 is 5.50. The summed E-state index contributed by atoms with van der Waals surface area (Å²) in [5, 5.41) is 18.5. The van der Waals surface area contributed by atoms with Crippen molar-refractivity contribution in [1.29, 1.82) is 0 Å². The van der Waals surface area contributed by atoms with E-state index in [1.807, 2.05) is 51.4 Å². The van der Waals surface area contributed by atoms with Gasteiger partial charge in [0, 0.05) is 57.2 Å². The Morgan fingerprint density at radius 2 is 1.62 bits per heavy atom. The van der Waals surface area contributed by atoms with Crippen LogP contribution in [0.4, 0.5) is 22.2 Å². The Morgan fingerprint density at radius 3 is 2.26 bits per heavy atom. The second kappa shape index (κ2) is 10.9. The van der Waals surface area contributed by atoms with Crippen LogP contribution >= 0.6 is 0 Å². The average molecular weight is 533 g/mol. The number of anilines is 3. The van der Waals surface area contributed by atoms with Gasteiger partial charge in [-0.15, -0.1) is 10.2 Å². The molecule has 0 bridgehead atoms. The summed E-state index contributed by atoms with van der Waals surface area (Å²) in [6, 6.07) is 8.94. The highest BCUT2D eigenvalue weighted by molar-refractivity contribution is 5.74. The van der Waals surface area contributed by atoms with Gasteiger partial charge in [-0.2, -0.15) is 0 Å². The van der Waals surface area contributed by atoms with Crippen LogP contribution in [0.1, 0.15) is 45.1 Å². The van der Waals surface area contributed by atoms with E-state index in [1.54, 1.807) is 17.0 Å². The van der Waals surface area contributed by atoms with Crippen LogP contribution < -0.4 is 15.5 Å². The van der Waals surface area contributed by atoms with E-state index >= 15 is 0 Å². The lowest BCUT2D eigenvalue weighted by atomic mass is 9.91. The third-order valence-corrected chi connectivity index (χ3v) is 7.16. The molecule has 0 aliphatic carbocycles. The zero-order valence-electron chi connectivity index (χ0n) is 22.7. The van der Waals surface area contributed by atoms with Crippen molar-refractivity contribution in [3.8, 4) is 17.0 Å². The van der Waals surface area contributed by atoms with Crippen LogP contribution in [0.3, 0.4) is 0 Å². The summed E-state index contributed by atoms with van der Waals surface area (Å²) in [5.74, 6) is 1.55. The van der Waals surface area contributed by atoms with Crippen molar-refractivity contribution in [3.05, 3.63) is 48.3 Å². The van der Waals surface area contributed by atoms with E-state index in [-0.39, 0.29) is 11.8 Å². The Labute approximate surface area is 228 Å². The molecule has 1 amide bonds. The summed E-state index contributed by atoms with van der Waals surface area (Å²) in [4.78, 5) is 27.8. The second-order valence-corrected chi connectivity index (χ2v) is 11.0. The zero-order valence-corrected chi connectivity index (χ0v) is 22.7. The number of nitrogens with two attached hydrogens (primary N) is 1. The van der Waals surface area contributed by atoms with Crippen LogP contribution in [-0.4, -0.2) is 81.1 Å². The van der Waals surface area contributed by atoms with Gasteiger partial charge in [0.2, 0.25) is 5.95 Å². The van der Waals surface area contributed by atoms with Gasteiger partial charge < -0.3 is 30.3 Å². The SMILES string of the molecule is CC(C)(C)OC(=O)N1CCC(c2cnc(N3CCN(c4cc(-c5ccccc5O)nnc4N)CC3)nc2)CC1. The van der Waals surface area contributed by atoms with Crippen molar-refractivity contribution in [2.45, 2.75) is 45.1 Å². The number of piperidine rings is 1. The van der Waals surface area contributed by atoms with Crippen LogP contribution in [0.25, 0.3) is 11.3 Å². The largest absolute Gasteiger partial charge is 0.507 e. The van der Waals surface area contributed by atoms with Crippen molar-refractivity contribution in [3.63, 3.8) is 0 Å². The summed E-state index contributed by atoms with van der Waals surface area (Å²) in [6.07, 6.45) is 5.33. The Morgan fingerprint density at radius 1 is 0.974 bits per heavy atom. The molecule has 11 heteroatoms. The molecule has 4 heterocycles. The molecule has 3 N–H and O–H groups in total. The normalized spacial score (nSPS) is 16.8. The highest BCUT2D eigenvalue weighted by atomic mass is 16.6. The molecular formula is C28H36N8O3. The van der Waals surface area contributed by atoms with Gasteiger partial charge in [0.1, 0.15) is 11.4 Å². The fraction of sp³-hybridized carbons (Fsp3) is 0.464. The Balaban J connectivity index is 1.17. The maximum atomic E-state index is 12.4. The van der Waals surface area contributed by atoms with E-state index in [0.29, 0.717) is 42.0 Å². The van der Waals surface area contributed by atoms with Gasteiger partial charge in [-0.1, -0.05) is 12.1 Å². The van der Waals surface area contributed by atoms with Crippen LogP contribution in [-0.2, 0) is 4.74 Å². The summed E-state index contributed by atoms with van der Waals surface area (Å²) in [5.41, 5.74) is 8.80. The molecule has 2 aliphatic rings. The van der Waals surface area contributed by atoms with Crippen molar-refractivity contribution < 1.29 is 14.6 Å². The van der Waals surface area contributed by atoms with Gasteiger partial charge in [0.15, 0.2) is 5.82 Å². The molecule has 2 aliphatic heterocycles. The molecule has 39 heavy (non-hydrogen) atoms. The van der Waals surface area contributed by atoms with Crippen LogP contribution in [0, 0.1) is 0 Å². The molecule has 0 atom stereocenters. The standard InChI is InChI=1S/C28H36N8O3/c1-28(2,3)39-27(38)36-10-8-19(9-11-36)20-17-30-26(31-18-20)35-14-12-34(13-15-35)23-16-22(32-33-25(23)29)21-6-4-5-7-24(21)37/h4-7,16-19,37H,8-15H2,1-3H3,(H2,29,33). The number of rotatable bonds is 4. The minimum Gasteiger partial charge on any atom is -0.507 e. The van der Waals surface area contributed by atoms with E-state index in [1.165, 1.54) is 0 Å². The molecule has 2 fully saturated rings. The fourth-order valence-electron chi connectivity index (χ4n) is 5.04. The lowest BCUT2D eigenvalue weighted by Gasteiger charge is -2.36. The fourth-order valence-corrected chi connectivity index (χ4v) is 5.04. The first kappa shape index (κ1) is 26.5. The number of piperazine rings is 1. The third-order valence-electron chi connectivity index (χ3n) is 7.16. The number of aromatic hydroxyl groups is 1. The molecule has 2 aromatic heterocycles. The number of hydrogen-bond donors (Lipinski definition) is 2. The molecule has 0 spiro atoms. The summed E-state index contributed by atoms with van der Waals surface area (Å²) in [6.45, 7) is 9.92. The lowest BCUT2D eigenvalue weighted by Crippen LogP contribution is -2.47. The van der Waals surface area contributed by atoms with E-state index in [9.17, 15) is 9.90 Å². The van der Waals surface area contributed by atoms with Crippen molar-refractivity contribution in [2.24, 2.45) is 0 Å². The molecule has 11 nitrogen and oxygen atoms in total. The highest BCUT2D eigenvalue weighted by Gasteiger charge is 2.28. The lowest BCUT2D eigenvalue weighted by molar-refractivity contribution is 0.0204. The second-order valence-electron chi connectivity index (χ2n) is 11.0. The number of carbonyl (C=O) groups excluding carboxylic acids is 1. The first-order valence-corrected chi connectivity index (χ1v) is 13.4. The molecule has 3 aromatic rings. The van der Waals surface area contributed by atoms with Crippen LogP contribution in [0.5, 0.6) is 5.75 Å². The number of likely N-dealkylation sites (tertiary alicyclic amines) is 1. The number of ether oxygens (including phenoxy) is 1. The third kappa shape index (κ3) is 6.13. The van der Waals surface area contributed by atoms with E-state index in [0.717, 1.165) is 50.3 Å². The number of nitrogen functional groups attached to an aromatic ring is 1. The number of phenolic OH excluding ortho intramolecular Hbond substituents is 1. The van der Waals surface area contributed by atoms with E-state index in [2.05, 4.69) is 30.0 Å². The smallest absolute Gasteiger partial charge is 0.410 e. The van der Waals surface area contributed by atoms with Gasteiger partial charge in [-0.05, 0) is 63.3 Å². The predicted molar refractivity (Wildman–Crippen MR) is 150 cm³/mol. The number of nitrogens with zero attached hydrogens (tertiary/aromatic N) is 7. The van der Waals surface area contributed by atoms with Crippen LogP contribution in [0.2, 0.25) is 0 Å². The minimum atomic E-state index is -0.486. The van der Waals surface area contributed by atoms with Gasteiger partial charge in [-0.25, -0.2) is 14.8 Å². The molecule has 2 saturated heterocycles. The summed E-state index contributed by atoms with van der Waals surface area (Å²) >= 11 is 0. The number of benzene rings is 1. The zero-order chi connectivity index (χ0) is 27.6. The van der Waals surface area contributed by atoms with Gasteiger partial charge >= 0.3 is 6.09 Å². The van der Waals surface area contributed by atoms with Crippen molar-refractivity contribution in [1.82, 2.24) is 25.1 Å². The number of amides is 1. The minimum absolute atomic E-state index is 0.154. The molecule has 0 unspecified atom stereocenters. The predicted octanol–water partition coefficient (Wildman–Crippen LogP) is 3.66. The monoisotopic (exact) mass is 532 g/mol. The maximum absolute atomic E-state index is 12.4. The van der Waals surface area contributed by atoms with Crippen molar-refractivity contribution >= 4 is 23.5 Å². The summed E-state index contributed by atoms with van der Waals surface area (Å²) in [7, 11) is 0. The Hall–Kier alpha value is -4.15. The first-order valence-electron chi connectivity index (χ1n) is 13.4. The highest BCUT2D eigenvalue weighted by Crippen LogP contribution is 2.32. The molecule has 0 saturated carbocycles. The number of aromatic nitrogens is 4. The molecule has 0 radical (unpaired) electrons. The number of para-hydroxylation sites is 1. The van der Waals surface area contributed by atoms with Crippen LogP contribution in [0.15, 0.2) is 42.7 Å². The average Bonchev–Trinajstić information content (AvgIpc) is 2.93. The van der Waals surface area contributed by atoms with Gasteiger partial charge in [0.05, 0.1) is 11.4 Å². The molecule has 206 valence electrons. The Bertz CT molecular complexity index is 1290. The van der Waals surface area contributed by atoms with Crippen molar-refractivity contribution in [2.75, 3.05) is 54.8 Å². The Kier molecular flexibility index (Phi) is 7.40. The molecule has 5 rings (SSSR count). The number of phenols is 1. The van der Waals surface area contributed by atoms with Gasteiger partial charge in [-0.3, -0.25) is 0 Å². The first-order chi connectivity index (χ1) is 18.7. The quantitative estimate of drug-likeness (QED) is 0.513. The molecule has 1 aromatic carbocycles. The maximum Gasteiger partial charge on any atom is 0.410 e. The van der Waals surface area contributed by atoms with E-state index in [4.69, 9.17) is 10.5 Å². The van der Waals surface area contributed by atoms with E-state index < -0.39 is 5.60 Å². The number of carbonyl (C=O) groups is 1. The number of hydrogen-bond acceptors (Lipinski definition) is 10. The van der Waals surface area contributed by atoms with Gasteiger partial charge in [0.25, 0.3) is 0 Å². The topological polar surface area (TPSA) is 134 Å². The molecular weight excluding hydrogens is 496 g/mol.